The summed E-state index contributed by atoms with van der Waals surface area (Å²) in [7, 11) is -2.25. The van der Waals surface area contributed by atoms with E-state index in [1.54, 1.807) is 18.2 Å². The summed E-state index contributed by atoms with van der Waals surface area (Å²) in [5.41, 5.74) is 1.11. The number of benzene rings is 2. The summed E-state index contributed by atoms with van der Waals surface area (Å²) < 4.78 is 37.8. The van der Waals surface area contributed by atoms with Crippen LogP contribution in [-0.2, 0) is 19.6 Å². The summed E-state index contributed by atoms with van der Waals surface area (Å²) in [4.78, 5) is 19.4. The third-order valence-electron chi connectivity index (χ3n) is 5.04. The first-order valence-corrected chi connectivity index (χ1v) is 11.9. The monoisotopic (exact) mass is 495 g/mol. The number of hydrogen-bond donors (Lipinski definition) is 1. The second kappa shape index (κ2) is 9.51. The molecule has 0 saturated carbocycles. The van der Waals surface area contributed by atoms with Gasteiger partial charge in [0, 0.05) is 18.1 Å². The Labute approximate surface area is 195 Å². The lowest BCUT2D eigenvalue weighted by Gasteiger charge is -2.26. The summed E-state index contributed by atoms with van der Waals surface area (Å²) in [6.07, 6.45) is -1.00. The van der Waals surface area contributed by atoms with Gasteiger partial charge in [0.2, 0.25) is 16.1 Å². The number of rotatable bonds is 7. The van der Waals surface area contributed by atoms with Crippen LogP contribution in [0.25, 0.3) is 11.0 Å². The average molecular weight is 496 g/mol. The molecule has 13 heteroatoms. The van der Waals surface area contributed by atoms with E-state index in [1.807, 2.05) is 0 Å². The van der Waals surface area contributed by atoms with Gasteiger partial charge in [0.15, 0.2) is 0 Å². The highest BCUT2D eigenvalue weighted by molar-refractivity contribution is 7.89. The number of morpholine rings is 1. The molecule has 4 rings (SSSR count). The molecule has 1 N–H and O–H groups in total. The summed E-state index contributed by atoms with van der Waals surface area (Å²) in [5, 5.41) is 11.0. The van der Waals surface area contributed by atoms with Gasteiger partial charge in [-0.15, -0.1) is 5.10 Å². The van der Waals surface area contributed by atoms with Crippen LogP contribution < -0.4 is 14.9 Å². The smallest absolute Gasteiger partial charge is 0.268 e. The van der Waals surface area contributed by atoms with Crippen molar-refractivity contribution in [1.29, 1.82) is 0 Å². The second-order valence-corrected chi connectivity index (χ2v) is 9.59. The predicted octanol–water partition coefficient (Wildman–Crippen LogP) is 1.57. The number of nitrogens with zero attached hydrogens (tertiary/aromatic N) is 4. The largest absolute Gasteiger partial charge is 0.495 e. The molecule has 1 fully saturated rings. The van der Waals surface area contributed by atoms with Crippen molar-refractivity contribution in [3.8, 4) is 5.75 Å². The number of ether oxygens (including phenoxy) is 2. The van der Waals surface area contributed by atoms with E-state index in [2.05, 4.69) is 15.6 Å². The molecule has 176 valence electrons. The Hall–Kier alpha value is -2.93. The molecule has 1 amide bonds. The number of carbonyl (C=O) groups is 1. The number of hydrogen-bond acceptors (Lipinski definition) is 8. The molecule has 0 aliphatic carbocycles. The van der Waals surface area contributed by atoms with E-state index in [0.717, 1.165) is 4.85 Å². The summed E-state index contributed by atoms with van der Waals surface area (Å²) in [6.45, 7) is 2.76. The molecule has 33 heavy (non-hydrogen) atoms. The molecular formula is C20H22ClN5O6S. The number of fused-ring (bicyclic) bond motifs is 1. The van der Waals surface area contributed by atoms with Gasteiger partial charge in [-0.2, -0.15) is 4.31 Å². The van der Waals surface area contributed by atoms with E-state index in [0.29, 0.717) is 40.7 Å². The van der Waals surface area contributed by atoms with Gasteiger partial charge >= 0.3 is 0 Å². The first kappa shape index (κ1) is 23.2. The number of sulfonamides is 1. The van der Waals surface area contributed by atoms with Crippen molar-refractivity contribution < 1.29 is 27.5 Å². The number of anilines is 1. The van der Waals surface area contributed by atoms with Crippen LogP contribution in [-0.4, -0.2) is 73.3 Å². The first-order chi connectivity index (χ1) is 15.8. The number of carbonyl (C=O) groups excluding carboxylic acids is 1. The first-order valence-electron chi connectivity index (χ1n) is 10.0. The molecule has 3 aromatic rings. The Morgan fingerprint density at radius 1 is 1.21 bits per heavy atom. The lowest BCUT2D eigenvalue weighted by Crippen LogP contribution is -2.40. The quantitative estimate of drug-likeness (QED) is 0.523. The molecule has 0 radical (unpaired) electrons. The van der Waals surface area contributed by atoms with Crippen LogP contribution in [0.15, 0.2) is 41.3 Å². The van der Waals surface area contributed by atoms with Gasteiger partial charge in [-0.05, 0) is 48.5 Å². The normalized spacial score (nSPS) is 15.8. The number of methoxy groups -OCH3 is 1. The summed E-state index contributed by atoms with van der Waals surface area (Å²) >= 11 is 6.01. The fourth-order valence-corrected chi connectivity index (χ4v) is 4.86. The maximum absolute atomic E-state index is 13.0. The zero-order chi connectivity index (χ0) is 23.6. The highest BCUT2D eigenvalue weighted by Gasteiger charge is 2.27. The van der Waals surface area contributed by atoms with Crippen LogP contribution in [0.3, 0.4) is 0 Å². The van der Waals surface area contributed by atoms with Crippen LogP contribution in [0.4, 0.5) is 5.69 Å². The fraction of sp³-hybridized carbons (Fsp3) is 0.350. The molecular weight excluding hydrogens is 474 g/mol. The van der Waals surface area contributed by atoms with E-state index < -0.39 is 22.0 Å². The zero-order valence-electron chi connectivity index (χ0n) is 17.9. The van der Waals surface area contributed by atoms with Gasteiger partial charge in [-0.25, -0.2) is 8.42 Å². The van der Waals surface area contributed by atoms with Crippen molar-refractivity contribution in [3.05, 3.63) is 41.4 Å². The Morgan fingerprint density at radius 2 is 1.97 bits per heavy atom. The third kappa shape index (κ3) is 4.88. The van der Waals surface area contributed by atoms with Gasteiger partial charge in [0.05, 0.1) is 30.9 Å². The van der Waals surface area contributed by atoms with Crippen molar-refractivity contribution in [2.75, 3.05) is 38.7 Å². The minimum absolute atomic E-state index is 0.0739. The Bertz CT molecular complexity index is 1280. The SMILES string of the molecule is COc1ccc(Cl)cc1NC(=O)C(C)On1nnc2ccc(S(=O)(=O)N3CCOCC3)cc21. The van der Waals surface area contributed by atoms with Crippen molar-refractivity contribution >= 4 is 44.3 Å². The standard InChI is InChI=1S/C20H22ClN5O6S/c1-13(20(27)22-17-11-14(21)3-6-19(17)30-2)32-26-18-12-15(4-5-16(18)23-24-26)33(28,29)25-7-9-31-10-8-25/h3-6,11-13H,7-10H2,1-2H3,(H,22,27). The van der Waals surface area contributed by atoms with Crippen LogP contribution in [0.1, 0.15) is 6.92 Å². The molecule has 1 saturated heterocycles. The minimum atomic E-state index is -3.72. The van der Waals surface area contributed by atoms with E-state index in [9.17, 15) is 13.2 Å². The predicted molar refractivity (Wildman–Crippen MR) is 120 cm³/mol. The van der Waals surface area contributed by atoms with Crippen LogP contribution in [0.2, 0.25) is 5.02 Å². The molecule has 1 unspecified atom stereocenters. The van der Waals surface area contributed by atoms with Gasteiger partial charge < -0.3 is 19.6 Å². The highest BCUT2D eigenvalue weighted by atomic mass is 35.5. The van der Waals surface area contributed by atoms with Gasteiger partial charge in [0.25, 0.3) is 5.91 Å². The van der Waals surface area contributed by atoms with Gasteiger partial charge in [-0.1, -0.05) is 16.4 Å². The number of nitrogens with one attached hydrogen (secondary N) is 1. The Morgan fingerprint density at radius 3 is 2.70 bits per heavy atom. The number of amides is 1. The van der Waals surface area contributed by atoms with E-state index in [-0.39, 0.29) is 18.0 Å². The molecule has 0 bridgehead atoms. The molecule has 1 aliphatic heterocycles. The van der Waals surface area contributed by atoms with Crippen molar-refractivity contribution in [1.82, 2.24) is 19.5 Å². The van der Waals surface area contributed by atoms with Crippen molar-refractivity contribution in [2.24, 2.45) is 0 Å². The topological polar surface area (TPSA) is 125 Å². The molecule has 0 spiro atoms. The third-order valence-corrected chi connectivity index (χ3v) is 7.17. The van der Waals surface area contributed by atoms with E-state index >= 15 is 0 Å². The molecule has 2 aromatic carbocycles. The average Bonchev–Trinajstić information content (AvgIpc) is 3.21. The molecule has 1 atom stereocenters. The fourth-order valence-electron chi connectivity index (χ4n) is 3.26. The molecule has 1 aromatic heterocycles. The van der Waals surface area contributed by atoms with Crippen molar-refractivity contribution in [2.45, 2.75) is 17.9 Å². The number of halogens is 1. The lowest BCUT2D eigenvalue weighted by molar-refractivity contribution is -0.127. The molecule has 11 nitrogen and oxygen atoms in total. The van der Waals surface area contributed by atoms with Gasteiger partial charge in [-0.3, -0.25) is 4.79 Å². The van der Waals surface area contributed by atoms with Crippen molar-refractivity contribution in [3.63, 3.8) is 0 Å². The maximum Gasteiger partial charge on any atom is 0.268 e. The summed E-state index contributed by atoms with van der Waals surface area (Å²) in [5.74, 6) is -0.0552. The van der Waals surface area contributed by atoms with Crippen LogP contribution in [0, 0.1) is 0 Å². The minimum Gasteiger partial charge on any atom is -0.495 e. The van der Waals surface area contributed by atoms with Crippen LogP contribution >= 0.6 is 11.6 Å². The van der Waals surface area contributed by atoms with E-state index in [4.69, 9.17) is 25.9 Å². The summed E-state index contributed by atoms with van der Waals surface area (Å²) in [6, 6.07) is 9.25. The second-order valence-electron chi connectivity index (χ2n) is 7.21. The van der Waals surface area contributed by atoms with E-state index in [1.165, 1.54) is 36.5 Å². The van der Waals surface area contributed by atoms with Gasteiger partial charge in [0.1, 0.15) is 16.8 Å². The lowest BCUT2D eigenvalue weighted by atomic mass is 10.2. The number of aromatic nitrogens is 3. The van der Waals surface area contributed by atoms with Crippen LogP contribution in [0.5, 0.6) is 5.75 Å². The maximum atomic E-state index is 13.0. The highest BCUT2D eigenvalue weighted by Crippen LogP contribution is 2.28. The zero-order valence-corrected chi connectivity index (χ0v) is 19.5. The molecule has 1 aliphatic rings. The Kier molecular flexibility index (Phi) is 6.70. The molecule has 2 heterocycles. The Balaban J connectivity index is 1.54.